The normalized spacial score (nSPS) is 14.2. The van der Waals surface area contributed by atoms with Gasteiger partial charge in [0.2, 0.25) is 0 Å². The fourth-order valence-corrected chi connectivity index (χ4v) is 4.01. The average molecular weight is 457 g/mol. The average Bonchev–Trinajstić information content (AvgIpc) is 3.36. The van der Waals surface area contributed by atoms with Crippen molar-refractivity contribution in [3.05, 3.63) is 78.2 Å². The highest BCUT2D eigenvalue weighted by Crippen LogP contribution is 2.24. The molecule has 34 heavy (non-hydrogen) atoms. The third kappa shape index (κ3) is 4.80. The van der Waals surface area contributed by atoms with Crippen LogP contribution in [0, 0.1) is 11.7 Å². The van der Waals surface area contributed by atoms with E-state index >= 15 is 0 Å². The van der Waals surface area contributed by atoms with Gasteiger partial charge in [-0.25, -0.2) is 4.39 Å². The van der Waals surface area contributed by atoms with Gasteiger partial charge in [-0.2, -0.15) is 5.10 Å². The highest BCUT2D eigenvalue weighted by Gasteiger charge is 2.17. The first-order valence-corrected chi connectivity index (χ1v) is 11.4. The maximum absolute atomic E-state index is 13.1. The van der Waals surface area contributed by atoms with E-state index in [0.717, 1.165) is 41.6 Å². The van der Waals surface area contributed by atoms with Gasteiger partial charge in [0.1, 0.15) is 11.5 Å². The van der Waals surface area contributed by atoms with Crippen LogP contribution in [-0.4, -0.2) is 39.4 Å². The zero-order valence-electron chi connectivity index (χ0n) is 18.8. The molecule has 1 aliphatic heterocycles. The van der Waals surface area contributed by atoms with Crippen LogP contribution in [0.25, 0.3) is 22.5 Å². The highest BCUT2D eigenvalue weighted by molar-refractivity contribution is 6.03. The molecule has 2 N–H and O–H groups in total. The third-order valence-electron chi connectivity index (χ3n) is 6.16. The van der Waals surface area contributed by atoms with Gasteiger partial charge in [0.25, 0.3) is 5.91 Å². The van der Waals surface area contributed by atoms with Gasteiger partial charge in [-0.3, -0.25) is 9.89 Å². The Hall–Kier alpha value is -4.07. The first-order valence-electron chi connectivity index (χ1n) is 11.4. The number of hydrogen-bond donors (Lipinski definition) is 2. The number of piperidine rings is 1. The molecule has 1 fully saturated rings. The zero-order valence-corrected chi connectivity index (χ0v) is 18.8. The molecule has 0 saturated carbocycles. The van der Waals surface area contributed by atoms with Crippen molar-refractivity contribution in [3.63, 3.8) is 0 Å². The molecule has 1 aliphatic rings. The molecule has 0 unspecified atom stereocenters. The lowest BCUT2D eigenvalue weighted by atomic mass is 9.99. The maximum atomic E-state index is 13.1. The van der Waals surface area contributed by atoms with Crippen molar-refractivity contribution in [1.29, 1.82) is 0 Å². The first-order chi connectivity index (χ1) is 16.5. The Kier molecular flexibility index (Phi) is 6.03. The van der Waals surface area contributed by atoms with Gasteiger partial charge >= 0.3 is 0 Å². The molecule has 5 rings (SSSR count). The summed E-state index contributed by atoms with van der Waals surface area (Å²) in [5.41, 5.74) is 3.97. The van der Waals surface area contributed by atoms with E-state index in [1.54, 1.807) is 18.2 Å². The van der Waals surface area contributed by atoms with Crippen molar-refractivity contribution in [1.82, 2.24) is 20.4 Å². The number of H-pyrrole nitrogens is 1. The predicted molar refractivity (Wildman–Crippen MR) is 130 cm³/mol. The van der Waals surface area contributed by atoms with Gasteiger partial charge in [-0.05, 0) is 73.4 Å². The number of aromatic amines is 1. The molecule has 4 aromatic rings. The Balaban J connectivity index is 1.22. The number of halogens is 1. The van der Waals surface area contributed by atoms with Crippen molar-refractivity contribution < 1.29 is 9.18 Å². The van der Waals surface area contributed by atoms with Gasteiger partial charge in [0, 0.05) is 29.9 Å². The van der Waals surface area contributed by atoms with E-state index in [9.17, 15) is 9.18 Å². The van der Waals surface area contributed by atoms with Crippen molar-refractivity contribution >= 4 is 17.4 Å². The Morgan fingerprint density at radius 2 is 1.62 bits per heavy atom. The fraction of sp³-hybridized carbons (Fsp3) is 0.231. The zero-order chi connectivity index (χ0) is 23.5. The molecule has 1 saturated heterocycles. The SMILES string of the molecule is CC1CCN(c2ccc(-c3ccc(NC(=O)c4cc(-c5ccc(F)cc5)n[nH]4)cc3)nn2)CC1. The second-order valence-corrected chi connectivity index (χ2v) is 8.65. The van der Waals surface area contributed by atoms with Crippen LogP contribution >= 0.6 is 0 Å². The molecule has 0 spiro atoms. The summed E-state index contributed by atoms with van der Waals surface area (Å²) < 4.78 is 13.1. The van der Waals surface area contributed by atoms with Crippen LogP contribution in [0.5, 0.6) is 0 Å². The van der Waals surface area contributed by atoms with Gasteiger partial charge < -0.3 is 10.2 Å². The Bertz CT molecular complexity index is 1260. The molecule has 172 valence electrons. The van der Waals surface area contributed by atoms with Crippen LogP contribution in [0.2, 0.25) is 0 Å². The quantitative estimate of drug-likeness (QED) is 0.433. The molecular weight excluding hydrogens is 431 g/mol. The number of nitrogens with one attached hydrogen (secondary N) is 2. The minimum atomic E-state index is -0.320. The van der Waals surface area contributed by atoms with Crippen LogP contribution in [0.3, 0.4) is 0 Å². The van der Waals surface area contributed by atoms with Crippen LogP contribution in [-0.2, 0) is 0 Å². The number of carbonyl (C=O) groups is 1. The number of amides is 1. The van der Waals surface area contributed by atoms with Crippen molar-refractivity contribution in [2.75, 3.05) is 23.3 Å². The molecule has 2 aromatic heterocycles. The van der Waals surface area contributed by atoms with Crippen molar-refractivity contribution in [3.8, 4) is 22.5 Å². The molecular formula is C26H25FN6O. The first kappa shape index (κ1) is 21.8. The summed E-state index contributed by atoms with van der Waals surface area (Å²) in [5, 5.41) is 18.6. The lowest BCUT2D eigenvalue weighted by molar-refractivity contribution is 0.102. The number of aromatic nitrogens is 4. The molecule has 0 atom stereocenters. The van der Waals surface area contributed by atoms with E-state index in [-0.39, 0.29) is 11.7 Å². The summed E-state index contributed by atoms with van der Waals surface area (Å²) in [6.07, 6.45) is 2.37. The van der Waals surface area contributed by atoms with E-state index < -0.39 is 0 Å². The molecule has 8 heteroatoms. The Morgan fingerprint density at radius 3 is 2.29 bits per heavy atom. The van der Waals surface area contributed by atoms with E-state index in [0.29, 0.717) is 17.1 Å². The van der Waals surface area contributed by atoms with E-state index in [1.807, 2.05) is 36.4 Å². The molecule has 0 bridgehead atoms. The summed E-state index contributed by atoms with van der Waals surface area (Å²) in [6.45, 7) is 4.33. The van der Waals surface area contributed by atoms with Gasteiger partial charge in [-0.15, -0.1) is 10.2 Å². The minimum absolute atomic E-state index is 0.311. The topological polar surface area (TPSA) is 86.8 Å². The van der Waals surface area contributed by atoms with Gasteiger partial charge in [0.05, 0.1) is 11.4 Å². The largest absolute Gasteiger partial charge is 0.355 e. The van der Waals surface area contributed by atoms with E-state index in [1.165, 1.54) is 25.0 Å². The van der Waals surface area contributed by atoms with Gasteiger partial charge in [-0.1, -0.05) is 19.1 Å². The number of benzene rings is 2. The number of nitrogens with zero attached hydrogens (tertiary/aromatic N) is 4. The molecule has 3 heterocycles. The number of rotatable bonds is 5. The minimum Gasteiger partial charge on any atom is -0.355 e. The summed E-state index contributed by atoms with van der Waals surface area (Å²) in [7, 11) is 0. The van der Waals surface area contributed by atoms with E-state index in [2.05, 4.69) is 37.5 Å². The summed E-state index contributed by atoms with van der Waals surface area (Å²) in [6, 6.07) is 19.0. The fourth-order valence-electron chi connectivity index (χ4n) is 4.01. The summed E-state index contributed by atoms with van der Waals surface area (Å²) in [5.74, 6) is 1.06. The Morgan fingerprint density at radius 1 is 0.941 bits per heavy atom. The second-order valence-electron chi connectivity index (χ2n) is 8.65. The molecule has 7 nitrogen and oxygen atoms in total. The predicted octanol–water partition coefficient (Wildman–Crippen LogP) is 5.16. The highest BCUT2D eigenvalue weighted by atomic mass is 19.1. The smallest absolute Gasteiger partial charge is 0.273 e. The number of carbonyl (C=O) groups excluding carboxylic acids is 1. The van der Waals surface area contributed by atoms with Crippen LogP contribution in [0.15, 0.2) is 66.7 Å². The lowest BCUT2D eigenvalue weighted by Crippen LogP contribution is -2.33. The third-order valence-corrected chi connectivity index (χ3v) is 6.16. The number of anilines is 2. The summed E-state index contributed by atoms with van der Waals surface area (Å²) in [4.78, 5) is 14.9. The lowest BCUT2D eigenvalue weighted by Gasteiger charge is -2.30. The standard InChI is InChI=1S/C26H25FN6O/c1-17-12-14-33(15-13-17)25-11-10-22(29-32-25)18-4-8-21(9-5-18)28-26(34)24-16-23(30-31-24)19-2-6-20(27)7-3-19/h2-11,16-17H,12-15H2,1H3,(H,28,34)(H,30,31). The van der Waals surface area contributed by atoms with Crippen LogP contribution < -0.4 is 10.2 Å². The summed E-state index contributed by atoms with van der Waals surface area (Å²) >= 11 is 0. The maximum Gasteiger partial charge on any atom is 0.273 e. The van der Waals surface area contributed by atoms with Crippen molar-refractivity contribution in [2.24, 2.45) is 5.92 Å². The number of hydrogen-bond acceptors (Lipinski definition) is 5. The van der Waals surface area contributed by atoms with Crippen molar-refractivity contribution in [2.45, 2.75) is 19.8 Å². The molecule has 0 aliphatic carbocycles. The second kappa shape index (κ2) is 9.43. The molecule has 2 aromatic carbocycles. The molecule has 1 amide bonds. The van der Waals surface area contributed by atoms with E-state index in [4.69, 9.17) is 0 Å². The molecule has 0 radical (unpaired) electrons. The van der Waals surface area contributed by atoms with Crippen LogP contribution in [0.4, 0.5) is 15.9 Å². The van der Waals surface area contributed by atoms with Crippen LogP contribution in [0.1, 0.15) is 30.3 Å². The Labute approximate surface area is 197 Å². The monoisotopic (exact) mass is 456 g/mol. The van der Waals surface area contributed by atoms with Gasteiger partial charge in [0.15, 0.2) is 5.82 Å².